The van der Waals surface area contributed by atoms with Gasteiger partial charge >= 0.3 is 0 Å². The Bertz CT molecular complexity index is 498. The summed E-state index contributed by atoms with van der Waals surface area (Å²) in [5, 5.41) is 6.76. The third kappa shape index (κ3) is 1.65. The molecule has 0 saturated carbocycles. The fourth-order valence-corrected chi connectivity index (χ4v) is 2.92. The molecule has 0 fully saturated rings. The molecule has 1 unspecified atom stereocenters. The van der Waals surface area contributed by atoms with Crippen LogP contribution in [0.25, 0.3) is 10.1 Å². The van der Waals surface area contributed by atoms with Crippen molar-refractivity contribution in [2.75, 3.05) is 6.54 Å². The first-order chi connectivity index (χ1) is 7.43. The van der Waals surface area contributed by atoms with Gasteiger partial charge in [0.05, 0.1) is 0 Å². The minimum atomic E-state index is 0.595. The molecule has 1 nitrogen and oxygen atoms in total. The van der Waals surface area contributed by atoms with E-state index < -0.39 is 0 Å². The van der Waals surface area contributed by atoms with Crippen molar-refractivity contribution in [3.05, 3.63) is 47.5 Å². The van der Waals surface area contributed by atoms with Crippen molar-refractivity contribution in [3.63, 3.8) is 0 Å². The second kappa shape index (κ2) is 3.70. The lowest BCUT2D eigenvalue weighted by Crippen LogP contribution is -2.15. The van der Waals surface area contributed by atoms with E-state index in [1.165, 1.54) is 22.1 Å². The highest BCUT2D eigenvalue weighted by Crippen LogP contribution is 2.28. The van der Waals surface area contributed by atoms with Gasteiger partial charge in [-0.05, 0) is 41.1 Å². The van der Waals surface area contributed by atoms with Crippen LogP contribution in [0.2, 0.25) is 0 Å². The molecular weight excluding hydrogens is 202 g/mol. The molecule has 0 amide bonds. The fraction of sp³-hybridized carbons (Fsp3) is 0.231. The Morgan fingerprint density at radius 2 is 2.27 bits per heavy atom. The van der Waals surface area contributed by atoms with Gasteiger partial charge in [0.1, 0.15) is 0 Å². The molecule has 1 aliphatic rings. The smallest absolute Gasteiger partial charge is 0.0345 e. The normalized spacial score (nSPS) is 20.4. The average molecular weight is 215 g/mol. The number of nitrogens with one attached hydrogen (secondary N) is 1. The lowest BCUT2D eigenvalue weighted by Gasteiger charge is -2.17. The highest BCUT2D eigenvalue weighted by Gasteiger charge is 2.10. The van der Waals surface area contributed by atoms with Crippen LogP contribution in [0.1, 0.15) is 17.9 Å². The van der Waals surface area contributed by atoms with Crippen molar-refractivity contribution < 1.29 is 0 Å². The van der Waals surface area contributed by atoms with Gasteiger partial charge in [0.2, 0.25) is 0 Å². The SMILES string of the molecule is C1=CC(c2ccc3ccsc3c2)CCN1. The summed E-state index contributed by atoms with van der Waals surface area (Å²) < 4.78 is 1.40. The van der Waals surface area contributed by atoms with Crippen molar-refractivity contribution in [2.24, 2.45) is 0 Å². The number of thiophene rings is 1. The van der Waals surface area contributed by atoms with Crippen LogP contribution in [0, 0.1) is 0 Å². The maximum atomic E-state index is 3.24. The lowest BCUT2D eigenvalue weighted by atomic mass is 9.94. The molecule has 1 aromatic carbocycles. The quantitative estimate of drug-likeness (QED) is 0.767. The Labute approximate surface area is 93.4 Å². The van der Waals surface area contributed by atoms with Crippen LogP contribution >= 0.6 is 11.3 Å². The third-order valence-corrected chi connectivity index (χ3v) is 3.83. The van der Waals surface area contributed by atoms with Gasteiger partial charge in [-0.1, -0.05) is 18.2 Å². The van der Waals surface area contributed by atoms with Gasteiger partial charge in [-0.15, -0.1) is 11.3 Å². The van der Waals surface area contributed by atoms with Gasteiger partial charge in [0.25, 0.3) is 0 Å². The van der Waals surface area contributed by atoms with E-state index in [0.717, 1.165) is 6.54 Å². The Balaban J connectivity index is 2.02. The summed E-state index contributed by atoms with van der Waals surface area (Å²) >= 11 is 1.83. The number of rotatable bonds is 1. The topological polar surface area (TPSA) is 12.0 Å². The van der Waals surface area contributed by atoms with Crippen LogP contribution in [0.15, 0.2) is 41.9 Å². The molecule has 1 atom stereocenters. The molecule has 2 aromatic rings. The van der Waals surface area contributed by atoms with Gasteiger partial charge in [-0.2, -0.15) is 0 Å². The maximum absolute atomic E-state index is 3.24. The molecule has 1 aliphatic heterocycles. The zero-order valence-electron chi connectivity index (χ0n) is 8.44. The van der Waals surface area contributed by atoms with E-state index in [1.54, 1.807) is 0 Å². The molecule has 2 heteroatoms. The summed E-state index contributed by atoms with van der Waals surface area (Å²) in [5.41, 5.74) is 1.45. The van der Waals surface area contributed by atoms with Crippen molar-refractivity contribution >= 4 is 21.4 Å². The van der Waals surface area contributed by atoms with Gasteiger partial charge in [0.15, 0.2) is 0 Å². The summed E-state index contributed by atoms with van der Waals surface area (Å²) in [5.74, 6) is 0.595. The molecule has 0 radical (unpaired) electrons. The number of hydrogen-bond acceptors (Lipinski definition) is 2. The Hall–Kier alpha value is -1.28. The van der Waals surface area contributed by atoms with E-state index in [-0.39, 0.29) is 0 Å². The minimum absolute atomic E-state index is 0.595. The van der Waals surface area contributed by atoms with E-state index in [4.69, 9.17) is 0 Å². The number of fused-ring (bicyclic) bond motifs is 1. The molecule has 15 heavy (non-hydrogen) atoms. The highest BCUT2D eigenvalue weighted by atomic mass is 32.1. The van der Waals surface area contributed by atoms with Crippen LogP contribution in [0.3, 0.4) is 0 Å². The van der Waals surface area contributed by atoms with E-state index in [0.29, 0.717) is 5.92 Å². The molecule has 0 aliphatic carbocycles. The summed E-state index contributed by atoms with van der Waals surface area (Å²) in [6.45, 7) is 1.09. The maximum Gasteiger partial charge on any atom is 0.0345 e. The Kier molecular flexibility index (Phi) is 2.22. The first kappa shape index (κ1) is 8.98. The zero-order chi connectivity index (χ0) is 10.1. The summed E-state index contributed by atoms with van der Waals surface area (Å²) in [6.07, 6.45) is 5.54. The van der Waals surface area contributed by atoms with Crippen LogP contribution < -0.4 is 5.32 Å². The summed E-state index contributed by atoms with van der Waals surface area (Å²) in [7, 11) is 0. The van der Waals surface area contributed by atoms with Gasteiger partial charge in [0, 0.05) is 17.2 Å². The van der Waals surface area contributed by atoms with Gasteiger partial charge < -0.3 is 5.32 Å². The second-order valence-electron chi connectivity index (χ2n) is 3.93. The number of benzene rings is 1. The van der Waals surface area contributed by atoms with E-state index in [1.807, 2.05) is 11.3 Å². The van der Waals surface area contributed by atoms with E-state index >= 15 is 0 Å². The number of allylic oxidation sites excluding steroid dienone is 1. The highest BCUT2D eigenvalue weighted by molar-refractivity contribution is 7.17. The lowest BCUT2D eigenvalue weighted by molar-refractivity contribution is 0.658. The molecule has 1 aromatic heterocycles. The zero-order valence-corrected chi connectivity index (χ0v) is 9.26. The molecule has 1 N–H and O–H groups in total. The van der Waals surface area contributed by atoms with Gasteiger partial charge in [-0.25, -0.2) is 0 Å². The molecular formula is C13H13NS. The van der Waals surface area contributed by atoms with Crippen molar-refractivity contribution in [3.8, 4) is 0 Å². The average Bonchev–Trinajstić information content (AvgIpc) is 2.77. The first-order valence-corrected chi connectivity index (χ1v) is 6.19. The van der Waals surface area contributed by atoms with Crippen LogP contribution in [0.5, 0.6) is 0 Å². The second-order valence-corrected chi connectivity index (χ2v) is 4.87. The molecule has 2 heterocycles. The first-order valence-electron chi connectivity index (χ1n) is 5.31. The molecule has 0 saturated heterocycles. The standard InChI is InChI=1S/C13H13NS/c1-2-12(10-3-6-14-7-4-10)9-13-11(1)5-8-15-13/h1-3,5-6,8-10,14H,4,7H2. The summed E-state index contributed by atoms with van der Waals surface area (Å²) in [6, 6.07) is 9.01. The summed E-state index contributed by atoms with van der Waals surface area (Å²) in [4.78, 5) is 0. The predicted octanol–water partition coefficient (Wildman–Crippen LogP) is 3.49. The predicted molar refractivity (Wildman–Crippen MR) is 66.3 cm³/mol. The third-order valence-electron chi connectivity index (χ3n) is 2.95. The van der Waals surface area contributed by atoms with Crippen molar-refractivity contribution in [1.82, 2.24) is 5.32 Å². The largest absolute Gasteiger partial charge is 0.391 e. The molecule has 3 rings (SSSR count). The minimum Gasteiger partial charge on any atom is -0.391 e. The van der Waals surface area contributed by atoms with Crippen molar-refractivity contribution in [1.29, 1.82) is 0 Å². The van der Waals surface area contributed by atoms with E-state index in [9.17, 15) is 0 Å². The number of hydrogen-bond donors (Lipinski definition) is 1. The molecule has 76 valence electrons. The fourth-order valence-electron chi connectivity index (χ4n) is 2.08. The van der Waals surface area contributed by atoms with Crippen molar-refractivity contribution in [2.45, 2.75) is 12.3 Å². The molecule has 0 bridgehead atoms. The Morgan fingerprint density at radius 3 is 3.13 bits per heavy atom. The van der Waals surface area contributed by atoms with Crippen LogP contribution in [0.4, 0.5) is 0 Å². The Morgan fingerprint density at radius 1 is 1.27 bits per heavy atom. The van der Waals surface area contributed by atoms with Crippen LogP contribution in [-0.2, 0) is 0 Å². The van der Waals surface area contributed by atoms with Gasteiger partial charge in [-0.3, -0.25) is 0 Å². The molecule has 0 spiro atoms. The van der Waals surface area contributed by atoms with Crippen LogP contribution in [-0.4, -0.2) is 6.54 Å². The monoisotopic (exact) mass is 215 g/mol. The van der Waals surface area contributed by atoms with E-state index in [2.05, 4.69) is 47.2 Å².